The molecule has 1 heterocycles. The van der Waals surface area contributed by atoms with Crippen LogP contribution in [-0.2, 0) is 20.9 Å². The summed E-state index contributed by atoms with van der Waals surface area (Å²) in [4.78, 5) is 37.2. The fourth-order valence-electron chi connectivity index (χ4n) is 3.33. The van der Waals surface area contributed by atoms with Crippen LogP contribution in [0.5, 0.6) is 5.75 Å². The molecule has 0 spiro atoms. The predicted octanol–water partition coefficient (Wildman–Crippen LogP) is 4.17. The second-order valence-electron chi connectivity index (χ2n) is 7.54. The SMILES string of the molecule is COc1ccc(NC(=O)c2ccc(COC(=O)C3=NN(c4ccccc4)C(=O)CC3)cc2)cc1. The lowest BCUT2D eigenvalue weighted by Gasteiger charge is -2.22. The van der Waals surface area contributed by atoms with Crippen LogP contribution in [0, 0.1) is 0 Å². The second kappa shape index (κ2) is 10.4. The molecule has 4 rings (SSSR count). The zero-order valence-electron chi connectivity index (χ0n) is 18.6. The number of carbonyl (C=O) groups is 3. The highest BCUT2D eigenvalue weighted by Crippen LogP contribution is 2.20. The van der Waals surface area contributed by atoms with Gasteiger partial charge in [-0.25, -0.2) is 9.80 Å². The van der Waals surface area contributed by atoms with Crippen molar-refractivity contribution in [3.63, 3.8) is 0 Å². The van der Waals surface area contributed by atoms with E-state index in [0.717, 1.165) is 5.56 Å². The number of ether oxygens (including phenoxy) is 2. The van der Waals surface area contributed by atoms with Crippen LogP contribution < -0.4 is 15.1 Å². The highest BCUT2D eigenvalue weighted by atomic mass is 16.5. The van der Waals surface area contributed by atoms with Crippen molar-refractivity contribution in [1.29, 1.82) is 0 Å². The maximum atomic E-state index is 12.5. The molecule has 8 heteroatoms. The summed E-state index contributed by atoms with van der Waals surface area (Å²) in [5, 5.41) is 8.25. The van der Waals surface area contributed by atoms with E-state index >= 15 is 0 Å². The Kier molecular flexibility index (Phi) is 6.98. The van der Waals surface area contributed by atoms with Gasteiger partial charge in [-0.3, -0.25) is 9.59 Å². The molecular formula is C26H23N3O5. The third-order valence-electron chi connectivity index (χ3n) is 5.20. The van der Waals surface area contributed by atoms with Gasteiger partial charge in [0.05, 0.1) is 12.8 Å². The van der Waals surface area contributed by atoms with E-state index in [0.29, 0.717) is 22.7 Å². The van der Waals surface area contributed by atoms with E-state index in [4.69, 9.17) is 9.47 Å². The van der Waals surface area contributed by atoms with E-state index in [2.05, 4.69) is 10.4 Å². The van der Waals surface area contributed by atoms with Crippen LogP contribution in [0.15, 0.2) is 84.0 Å². The molecule has 0 bridgehead atoms. The van der Waals surface area contributed by atoms with Crippen LogP contribution in [-0.4, -0.2) is 30.6 Å². The Morgan fingerprint density at radius 3 is 2.32 bits per heavy atom. The Bertz CT molecular complexity index is 1210. The third kappa shape index (κ3) is 5.47. The first kappa shape index (κ1) is 22.7. The number of benzene rings is 3. The van der Waals surface area contributed by atoms with Crippen molar-refractivity contribution in [3.8, 4) is 5.75 Å². The van der Waals surface area contributed by atoms with Crippen molar-refractivity contribution in [2.24, 2.45) is 5.10 Å². The Morgan fingerprint density at radius 1 is 0.941 bits per heavy atom. The van der Waals surface area contributed by atoms with Crippen LogP contribution in [0.25, 0.3) is 0 Å². The van der Waals surface area contributed by atoms with Gasteiger partial charge >= 0.3 is 5.97 Å². The molecule has 1 N–H and O–H groups in total. The molecule has 0 fully saturated rings. The first-order chi connectivity index (χ1) is 16.5. The molecular weight excluding hydrogens is 434 g/mol. The number of amides is 2. The molecule has 2 amide bonds. The predicted molar refractivity (Wildman–Crippen MR) is 128 cm³/mol. The van der Waals surface area contributed by atoms with E-state index in [9.17, 15) is 14.4 Å². The average Bonchev–Trinajstić information content (AvgIpc) is 2.88. The Labute approximate surface area is 196 Å². The van der Waals surface area contributed by atoms with E-state index < -0.39 is 5.97 Å². The Balaban J connectivity index is 1.34. The van der Waals surface area contributed by atoms with Gasteiger partial charge in [0, 0.05) is 24.1 Å². The molecule has 8 nitrogen and oxygen atoms in total. The summed E-state index contributed by atoms with van der Waals surface area (Å²) < 4.78 is 10.5. The fraction of sp³-hybridized carbons (Fsp3) is 0.154. The van der Waals surface area contributed by atoms with Gasteiger partial charge in [-0.1, -0.05) is 30.3 Å². The van der Waals surface area contributed by atoms with Gasteiger partial charge in [0.2, 0.25) is 5.91 Å². The van der Waals surface area contributed by atoms with Crippen molar-refractivity contribution < 1.29 is 23.9 Å². The summed E-state index contributed by atoms with van der Waals surface area (Å²) in [7, 11) is 1.58. The summed E-state index contributed by atoms with van der Waals surface area (Å²) in [6.07, 6.45) is 0.409. The summed E-state index contributed by atoms with van der Waals surface area (Å²) >= 11 is 0. The molecule has 172 valence electrons. The van der Waals surface area contributed by atoms with Gasteiger partial charge in [0.15, 0.2) is 0 Å². The number of nitrogens with one attached hydrogen (secondary N) is 1. The van der Waals surface area contributed by atoms with Gasteiger partial charge in [0.1, 0.15) is 18.1 Å². The van der Waals surface area contributed by atoms with Crippen molar-refractivity contribution in [3.05, 3.63) is 90.0 Å². The molecule has 1 aliphatic heterocycles. The monoisotopic (exact) mass is 457 g/mol. The number of carbonyl (C=O) groups excluding carboxylic acids is 3. The fourth-order valence-corrected chi connectivity index (χ4v) is 3.33. The van der Waals surface area contributed by atoms with Crippen molar-refractivity contribution in [2.75, 3.05) is 17.4 Å². The summed E-state index contributed by atoms with van der Waals surface area (Å²) in [6, 6.07) is 22.7. The number of para-hydroxylation sites is 1. The summed E-state index contributed by atoms with van der Waals surface area (Å²) in [6.45, 7) is 0.0253. The van der Waals surface area contributed by atoms with Crippen molar-refractivity contribution in [1.82, 2.24) is 0 Å². The van der Waals surface area contributed by atoms with E-state index in [1.807, 2.05) is 6.07 Å². The maximum absolute atomic E-state index is 12.5. The van der Waals surface area contributed by atoms with Crippen LogP contribution in [0.4, 0.5) is 11.4 Å². The minimum atomic E-state index is -0.574. The van der Waals surface area contributed by atoms with Crippen LogP contribution in [0.2, 0.25) is 0 Å². The van der Waals surface area contributed by atoms with E-state index in [1.54, 1.807) is 79.9 Å². The molecule has 1 aliphatic rings. The largest absolute Gasteiger partial charge is 0.497 e. The van der Waals surface area contributed by atoms with Gasteiger partial charge in [-0.15, -0.1) is 0 Å². The maximum Gasteiger partial charge on any atom is 0.354 e. The lowest BCUT2D eigenvalue weighted by molar-refractivity contribution is -0.137. The van der Waals surface area contributed by atoms with Gasteiger partial charge in [-0.2, -0.15) is 5.10 Å². The number of rotatable bonds is 7. The normalized spacial score (nSPS) is 13.1. The molecule has 0 unspecified atom stereocenters. The van der Waals surface area contributed by atoms with Crippen LogP contribution in [0.1, 0.15) is 28.8 Å². The highest BCUT2D eigenvalue weighted by Gasteiger charge is 2.26. The highest BCUT2D eigenvalue weighted by molar-refractivity contribution is 6.38. The smallest absolute Gasteiger partial charge is 0.354 e. The molecule has 3 aromatic rings. The number of anilines is 2. The molecule has 0 aliphatic carbocycles. The van der Waals surface area contributed by atoms with E-state index in [-0.39, 0.29) is 37.0 Å². The summed E-state index contributed by atoms with van der Waals surface area (Å²) in [5.41, 5.74) is 2.64. The number of hydrogen-bond acceptors (Lipinski definition) is 6. The number of esters is 1. The first-order valence-electron chi connectivity index (χ1n) is 10.7. The minimum absolute atomic E-state index is 0.0253. The number of nitrogens with zero attached hydrogens (tertiary/aromatic N) is 2. The molecule has 0 saturated carbocycles. The van der Waals surface area contributed by atoms with Gasteiger partial charge in [-0.05, 0) is 54.1 Å². The van der Waals surface area contributed by atoms with E-state index in [1.165, 1.54) is 5.01 Å². The molecule has 34 heavy (non-hydrogen) atoms. The molecule has 0 atom stereocenters. The number of hydrogen-bond donors (Lipinski definition) is 1. The quantitative estimate of drug-likeness (QED) is 0.537. The lowest BCUT2D eigenvalue weighted by atomic mass is 10.1. The van der Waals surface area contributed by atoms with Crippen molar-refractivity contribution in [2.45, 2.75) is 19.4 Å². The van der Waals surface area contributed by atoms with Crippen LogP contribution in [0.3, 0.4) is 0 Å². The lowest BCUT2D eigenvalue weighted by Crippen LogP contribution is -2.34. The molecule has 0 saturated heterocycles. The topological polar surface area (TPSA) is 97.3 Å². The zero-order valence-corrected chi connectivity index (χ0v) is 18.6. The standard InChI is InChI=1S/C26H23N3O5/c1-33-22-13-11-20(12-14-22)27-25(31)19-9-7-18(8-10-19)17-34-26(32)23-15-16-24(30)29(28-23)21-5-3-2-4-6-21/h2-14H,15-17H2,1H3,(H,27,31). The number of methoxy groups -OCH3 is 1. The van der Waals surface area contributed by atoms with Crippen molar-refractivity contribution >= 4 is 34.9 Å². The molecule has 0 radical (unpaired) electrons. The third-order valence-corrected chi connectivity index (χ3v) is 5.20. The minimum Gasteiger partial charge on any atom is -0.497 e. The van der Waals surface area contributed by atoms with Gasteiger partial charge in [0.25, 0.3) is 5.91 Å². The Morgan fingerprint density at radius 2 is 1.65 bits per heavy atom. The second-order valence-corrected chi connectivity index (χ2v) is 7.54. The number of hydrazone groups is 1. The summed E-state index contributed by atoms with van der Waals surface area (Å²) in [5.74, 6) is -0.299. The first-order valence-corrected chi connectivity index (χ1v) is 10.7. The zero-order chi connectivity index (χ0) is 23.9. The Hall–Kier alpha value is -4.46. The average molecular weight is 457 g/mol. The molecule has 0 aromatic heterocycles. The van der Waals surface area contributed by atoms with Gasteiger partial charge < -0.3 is 14.8 Å². The van der Waals surface area contributed by atoms with Crippen LogP contribution >= 0.6 is 0 Å². The molecule has 3 aromatic carbocycles.